The van der Waals surface area contributed by atoms with E-state index in [9.17, 15) is 19.5 Å². The molecule has 0 saturated carbocycles. The highest BCUT2D eigenvalue weighted by Crippen LogP contribution is 2.44. The molecule has 1 atom stereocenters. The minimum atomic E-state index is -1.10. The molecule has 2 amide bonds. The second kappa shape index (κ2) is 10.4. The van der Waals surface area contributed by atoms with E-state index in [4.69, 9.17) is 4.74 Å². The van der Waals surface area contributed by atoms with E-state index >= 15 is 0 Å². The van der Waals surface area contributed by atoms with Crippen LogP contribution in [0.25, 0.3) is 11.1 Å². The number of ether oxygens (including phenoxy) is 1. The molecular formula is C28H28N2O5. The number of benzene rings is 3. The summed E-state index contributed by atoms with van der Waals surface area (Å²) < 4.78 is 5.52. The summed E-state index contributed by atoms with van der Waals surface area (Å²) in [5.74, 6) is -1.87. The van der Waals surface area contributed by atoms with Gasteiger partial charge in [-0.2, -0.15) is 0 Å². The Morgan fingerprint density at radius 3 is 2.23 bits per heavy atom. The Bertz CT molecular complexity index is 1220. The smallest absolute Gasteiger partial charge is 0.407 e. The summed E-state index contributed by atoms with van der Waals surface area (Å²) in [4.78, 5) is 36.3. The van der Waals surface area contributed by atoms with Crippen LogP contribution in [0.2, 0.25) is 0 Å². The van der Waals surface area contributed by atoms with Crippen LogP contribution in [0.1, 0.15) is 46.3 Å². The fourth-order valence-electron chi connectivity index (χ4n) is 4.37. The van der Waals surface area contributed by atoms with Gasteiger partial charge in [-0.3, -0.25) is 4.79 Å². The zero-order valence-corrected chi connectivity index (χ0v) is 19.7. The monoisotopic (exact) mass is 472 g/mol. The Labute approximate surface area is 204 Å². The van der Waals surface area contributed by atoms with Crippen molar-refractivity contribution >= 4 is 23.7 Å². The Morgan fingerprint density at radius 2 is 1.60 bits per heavy atom. The molecule has 0 radical (unpaired) electrons. The molecule has 0 fully saturated rings. The van der Waals surface area contributed by atoms with Gasteiger partial charge in [-0.1, -0.05) is 67.1 Å². The Morgan fingerprint density at radius 1 is 0.971 bits per heavy atom. The molecule has 0 aromatic heterocycles. The normalized spacial score (nSPS) is 12.9. The Balaban J connectivity index is 1.26. The number of aromatic carboxylic acids is 1. The molecule has 0 spiro atoms. The van der Waals surface area contributed by atoms with E-state index in [0.29, 0.717) is 6.42 Å². The van der Waals surface area contributed by atoms with Gasteiger partial charge in [0.05, 0.1) is 11.3 Å². The lowest BCUT2D eigenvalue weighted by atomic mass is 9.98. The first-order valence-corrected chi connectivity index (χ1v) is 11.6. The SMILES string of the molecule is Cc1ccc(NC(=O)C(C)CCNC(=O)OCC2c3ccccc3-c3ccccc32)c(C(=O)O)c1. The average molecular weight is 473 g/mol. The van der Waals surface area contributed by atoms with Crippen molar-refractivity contribution in [1.82, 2.24) is 5.32 Å². The molecule has 3 aromatic rings. The molecule has 1 unspecified atom stereocenters. The van der Waals surface area contributed by atoms with Crippen molar-refractivity contribution in [3.05, 3.63) is 89.0 Å². The van der Waals surface area contributed by atoms with Gasteiger partial charge in [-0.25, -0.2) is 9.59 Å². The second-order valence-corrected chi connectivity index (χ2v) is 8.79. The second-order valence-electron chi connectivity index (χ2n) is 8.79. The van der Waals surface area contributed by atoms with Gasteiger partial charge in [0, 0.05) is 18.4 Å². The lowest BCUT2D eigenvalue weighted by molar-refractivity contribution is -0.119. The number of hydrogen-bond acceptors (Lipinski definition) is 4. The number of hydrogen-bond donors (Lipinski definition) is 3. The first kappa shape index (κ1) is 24.0. The van der Waals surface area contributed by atoms with Gasteiger partial charge < -0.3 is 20.5 Å². The summed E-state index contributed by atoms with van der Waals surface area (Å²) in [5, 5.41) is 14.7. The summed E-state index contributed by atoms with van der Waals surface area (Å²) in [7, 11) is 0. The molecule has 1 aliphatic carbocycles. The van der Waals surface area contributed by atoms with Gasteiger partial charge in [0.25, 0.3) is 0 Å². The van der Waals surface area contributed by atoms with Crippen LogP contribution in [0.3, 0.4) is 0 Å². The van der Waals surface area contributed by atoms with E-state index in [2.05, 4.69) is 34.9 Å². The number of aryl methyl sites for hydroxylation is 1. The first-order chi connectivity index (χ1) is 16.8. The number of carbonyl (C=O) groups excluding carboxylic acids is 2. The van der Waals surface area contributed by atoms with E-state index in [1.807, 2.05) is 24.3 Å². The van der Waals surface area contributed by atoms with Crippen molar-refractivity contribution < 1.29 is 24.2 Å². The quantitative estimate of drug-likeness (QED) is 0.418. The van der Waals surface area contributed by atoms with Gasteiger partial charge in [0.15, 0.2) is 0 Å². The van der Waals surface area contributed by atoms with E-state index in [0.717, 1.165) is 27.8 Å². The van der Waals surface area contributed by atoms with Crippen molar-refractivity contribution in [3.8, 4) is 11.1 Å². The van der Waals surface area contributed by atoms with Crippen molar-refractivity contribution in [2.24, 2.45) is 5.92 Å². The number of nitrogens with one attached hydrogen (secondary N) is 2. The standard InChI is InChI=1S/C28H28N2O5/c1-17-11-12-25(23(15-17)27(32)33)30-26(31)18(2)13-14-29-28(34)35-16-24-21-9-5-3-7-19(21)20-8-4-6-10-22(20)24/h3-12,15,18,24H,13-14,16H2,1-2H3,(H,29,34)(H,30,31)(H,32,33). The third kappa shape index (κ3) is 5.35. The van der Waals surface area contributed by atoms with E-state index in [1.54, 1.807) is 26.0 Å². The summed E-state index contributed by atoms with van der Waals surface area (Å²) in [5.41, 5.74) is 5.70. The molecule has 4 rings (SSSR count). The summed E-state index contributed by atoms with van der Waals surface area (Å²) in [6, 6.07) is 21.1. The fraction of sp³-hybridized carbons (Fsp3) is 0.250. The van der Waals surface area contributed by atoms with Crippen LogP contribution in [0.4, 0.5) is 10.5 Å². The first-order valence-electron chi connectivity index (χ1n) is 11.6. The van der Waals surface area contributed by atoms with Crippen LogP contribution in [0, 0.1) is 12.8 Å². The highest BCUT2D eigenvalue weighted by atomic mass is 16.5. The molecule has 0 aliphatic heterocycles. The fourth-order valence-corrected chi connectivity index (χ4v) is 4.37. The van der Waals surface area contributed by atoms with Crippen LogP contribution in [-0.2, 0) is 9.53 Å². The van der Waals surface area contributed by atoms with Gasteiger partial charge in [0.1, 0.15) is 6.61 Å². The van der Waals surface area contributed by atoms with Gasteiger partial charge in [-0.15, -0.1) is 0 Å². The number of anilines is 1. The van der Waals surface area contributed by atoms with Gasteiger partial charge >= 0.3 is 12.1 Å². The molecular weight excluding hydrogens is 444 g/mol. The summed E-state index contributed by atoms with van der Waals surface area (Å²) in [6.07, 6.45) is -0.157. The number of alkyl carbamates (subject to hydrolysis) is 1. The van der Waals surface area contributed by atoms with Crippen molar-refractivity contribution in [2.45, 2.75) is 26.2 Å². The molecule has 0 saturated heterocycles. The van der Waals surface area contributed by atoms with Crippen molar-refractivity contribution in [3.63, 3.8) is 0 Å². The molecule has 0 heterocycles. The number of carboxylic acid groups (broad SMARTS) is 1. The Hall–Kier alpha value is -4.13. The molecule has 1 aliphatic rings. The van der Waals surface area contributed by atoms with Crippen LogP contribution >= 0.6 is 0 Å². The Kier molecular flexibility index (Phi) is 7.15. The predicted molar refractivity (Wildman–Crippen MR) is 134 cm³/mol. The zero-order valence-electron chi connectivity index (χ0n) is 19.7. The minimum Gasteiger partial charge on any atom is -0.478 e. The highest BCUT2D eigenvalue weighted by molar-refractivity contribution is 6.01. The molecule has 3 N–H and O–H groups in total. The van der Waals surface area contributed by atoms with E-state index < -0.39 is 18.0 Å². The molecule has 7 heteroatoms. The lowest BCUT2D eigenvalue weighted by Crippen LogP contribution is -2.30. The third-order valence-electron chi connectivity index (χ3n) is 6.30. The van der Waals surface area contributed by atoms with E-state index in [-0.39, 0.29) is 36.2 Å². The number of amides is 2. The van der Waals surface area contributed by atoms with Crippen LogP contribution in [0.15, 0.2) is 66.7 Å². The predicted octanol–water partition coefficient (Wildman–Crippen LogP) is 5.20. The van der Waals surface area contributed by atoms with Crippen LogP contribution in [-0.4, -0.2) is 36.2 Å². The molecule has 180 valence electrons. The van der Waals surface area contributed by atoms with E-state index in [1.165, 1.54) is 6.07 Å². The third-order valence-corrected chi connectivity index (χ3v) is 6.30. The number of fused-ring (bicyclic) bond motifs is 3. The van der Waals surface area contributed by atoms with Crippen LogP contribution in [0.5, 0.6) is 0 Å². The van der Waals surface area contributed by atoms with Crippen molar-refractivity contribution in [2.75, 3.05) is 18.5 Å². The molecule has 0 bridgehead atoms. The molecule has 7 nitrogen and oxygen atoms in total. The van der Waals surface area contributed by atoms with Crippen molar-refractivity contribution in [1.29, 1.82) is 0 Å². The van der Waals surface area contributed by atoms with Gasteiger partial charge in [0.2, 0.25) is 5.91 Å². The van der Waals surface area contributed by atoms with Gasteiger partial charge in [-0.05, 0) is 47.7 Å². The topological polar surface area (TPSA) is 105 Å². The average Bonchev–Trinajstić information content (AvgIpc) is 3.17. The number of carbonyl (C=O) groups is 3. The largest absolute Gasteiger partial charge is 0.478 e. The zero-order chi connectivity index (χ0) is 24.9. The number of carboxylic acids is 1. The number of rotatable bonds is 8. The maximum Gasteiger partial charge on any atom is 0.407 e. The summed E-state index contributed by atoms with van der Waals surface area (Å²) >= 11 is 0. The summed E-state index contributed by atoms with van der Waals surface area (Å²) in [6.45, 7) is 3.99. The molecule has 35 heavy (non-hydrogen) atoms. The maximum atomic E-state index is 12.5. The molecule has 3 aromatic carbocycles. The lowest BCUT2D eigenvalue weighted by Gasteiger charge is -2.16. The minimum absolute atomic E-state index is 0.0178. The highest BCUT2D eigenvalue weighted by Gasteiger charge is 2.29. The maximum absolute atomic E-state index is 12.5. The van der Waals surface area contributed by atoms with Crippen LogP contribution < -0.4 is 10.6 Å².